The third kappa shape index (κ3) is 5.01. The molecule has 1 heterocycles. The van der Waals surface area contributed by atoms with Crippen LogP contribution in [-0.4, -0.2) is 22.7 Å². The highest BCUT2D eigenvalue weighted by Gasteiger charge is 2.06. The number of nitrogens with one attached hydrogen (secondary N) is 2. The molecule has 132 valence electrons. The topological polar surface area (TPSA) is 76.1 Å². The van der Waals surface area contributed by atoms with E-state index in [-0.39, 0.29) is 18.3 Å². The van der Waals surface area contributed by atoms with E-state index in [1.807, 2.05) is 19.1 Å². The first-order valence-electron chi connectivity index (χ1n) is 7.94. The van der Waals surface area contributed by atoms with Crippen LogP contribution in [0.4, 0.5) is 21.7 Å². The molecule has 26 heavy (non-hydrogen) atoms. The summed E-state index contributed by atoms with van der Waals surface area (Å²) in [5, 5.41) is 13.4. The Balaban J connectivity index is 1.51. The summed E-state index contributed by atoms with van der Waals surface area (Å²) >= 11 is 0. The molecule has 0 saturated heterocycles. The van der Waals surface area contributed by atoms with Gasteiger partial charge in [-0.2, -0.15) is 0 Å². The van der Waals surface area contributed by atoms with Gasteiger partial charge in [0.2, 0.25) is 0 Å². The van der Waals surface area contributed by atoms with Gasteiger partial charge >= 0.3 is 0 Å². The van der Waals surface area contributed by atoms with E-state index in [9.17, 15) is 9.18 Å². The van der Waals surface area contributed by atoms with E-state index in [4.69, 9.17) is 4.74 Å². The van der Waals surface area contributed by atoms with Crippen molar-refractivity contribution >= 4 is 23.2 Å². The van der Waals surface area contributed by atoms with Gasteiger partial charge in [-0.25, -0.2) is 4.39 Å². The number of aryl methyl sites for hydroxylation is 1. The Morgan fingerprint density at radius 2 is 1.77 bits per heavy atom. The van der Waals surface area contributed by atoms with Crippen LogP contribution in [0.5, 0.6) is 5.75 Å². The number of aromatic nitrogens is 2. The zero-order chi connectivity index (χ0) is 18.4. The Hall–Kier alpha value is -3.48. The predicted octanol–water partition coefficient (Wildman–Crippen LogP) is 3.69. The van der Waals surface area contributed by atoms with Crippen LogP contribution in [0.15, 0.2) is 60.7 Å². The molecule has 1 aromatic heterocycles. The summed E-state index contributed by atoms with van der Waals surface area (Å²) < 4.78 is 18.6. The zero-order valence-electron chi connectivity index (χ0n) is 14.1. The average Bonchev–Trinajstić information content (AvgIpc) is 2.63. The second-order valence-electron chi connectivity index (χ2n) is 5.59. The van der Waals surface area contributed by atoms with Gasteiger partial charge < -0.3 is 15.4 Å². The number of halogens is 1. The molecule has 7 heteroatoms. The highest BCUT2D eigenvalue weighted by atomic mass is 19.1. The Morgan fingerprint density at radius 3 is 2.46 bits per heavy atom. The summed E-state index contributed by atoms with van der Waals surface area (Å²) in [6, 6.07) is 16.6. The van der Waals surface area contributed by atoms with Gasteiger partial charge in [0.25, 0.3) is 5.91 Å². The summed E-state index contributed by atoms with van der Waals surface area (Å²) in [4.78, 5) is 11.9. The minimum atomic E-state index is -0.347. The molecule has 0 radical (unpaired) electrons. The number of amides is 1. The fourth-order valence-corrected chi connectivity index (χ4v) is 2.14. The van der Waals surface area contributed by atoms with Crippen molar-refractivity contribution in [1.82, 2.24) is 10.2 Å². The van der Waals surface area contributed by atoms with Gasteiger partial charge in [-0.1, -0.05) is 23.8 Å². The van der Waals surface area contributed by atoms with Gasteiger partial charge in [0.15, 0.2) is 18.2 Å². The normalized spacial score (nSPS) is 10.2. The quantitative estimate of drug-likeness (QED) is 0.708. The molecule has 3 rings (SSSR count). The molecule has 0 aliphatic heterocycles. The Labute approximate surface area is 150 Å². The van der Waals surface area contributed by atoms with Crippen molar-refractivity contribution in [1.29, 1.82) is 0 Å². The molecule has 2 N–H and O–H groups in total. The third-order valence-electron chi connectivity index (χ3n) is 3.42. The fourth-order valence-electron chi connectivity index (χ4n) is 2.14. The van der Waals surface area contributed by atoms with Gasteiger partial charge in [-0.05, 0) is 49.4 Å². The van der Waals surface area contributed by atoms with Crippen LogP contribution in [0.25, 0.3) is 0 Å². The van der Waals surface area contributed by atoms with Crippen molar-refractivity contribution in [3.05, 3.63) is 72.0 Å². The first kappa shape index (κ1) is 17.3. The van der Waals surface area contributed by atoms with Gasteiger partial charge in [-0.15, -0.1) is 10.2 Å². The smallest absolute Gasteiger partial charge is 0.263 e. The summed E-state index contributed by atoms with van der Waals surface area (Å²) in [6.07, 6.45) is 0. The fraction of sp³-hybridized carbons (Fsp3) is 0.105. The lowest BCUT2D eigenvalue weighted by molar-refractivity contribution is -0.118. The van der Waals surface area contributed by atoms with Crippen LogP contribution in [0.2, 0.25) is 0 Å². The zero-order valence-corrected chi connectivity index (χ0v) is 14.1. The van der Waals surface area contributed by atoms with Crippen LogP contribution in [0.1, 0.15) is 5.56 Å². The van der Waals surface area contributed by atoms with Crippen molar-refractivity contribution in [2.45, 2.75) is 6.92 Å². The summed E-state index contributed by atoms with van der Waals surface area (Å²) in [6.45, 7) is 1.84. The van der Waals surface area contributed by atoms with E-state index in [1.165, 1.54) is 12.1 Å². The third-order valence-corrected chi connectivity index (χ3v) is 3.42. The minimum Gasteiger partial charge on any atom is -0.484 e. The van der Waals surface area contributed by atoms with Crippen LogP contribution >= 0.6 is 0 Å². The van der Waals surface area contributed by atoms with E-state index in [2.05, 4.69) is 20.8 Å². The molecule has 1 amide bonds. The van der Waals surface area contributed by atoms with E-state index in [0.717, 1.165) is 5.56 Å². The molecule has 2 aromatic carbocycles. The lowest BCUT2D eigenvalue weighted by Gasteiger charge is -2.08. The highest BCUT2D eigenvalue weighted by molar-refractivity contribution is 5.90. The standard InChI is InChI=1S/C19H17FN4O2/c1-13-5-7-16(8-6-13)26-12-19(25)22-18-10-9-17(23-24-18)21-15-4-2-3-14(20)11-15/h2-11H,12H2,1H3,(H,21,23)(H,22,24,25). The number of rotatable bonds is 6. The average molecular weight is 352 g/mol. The molecule has 0 spiro atoms. The summed E-state index contributed by atoms with van der Waals surface area (Å²) in [5.41, 5.74) is 1.67. The number of carbonyl (C=O) groups excluding carboxylic acids is 1. The number of benzene rings is 2. The maximum atomic E-state index is 13.2. The molecule has 0 atom stereocenters. The molecular formula is C19H17FN4O2. The lowest BCUT2D eigenvalue weighted by Crippen LogP contribution is -2.21. The summed E-state index contributed by atoms with van der Waals surface area (Å²) in [7, 11) is 0. The maximum absolute atomic E-state index is 13.2. The van der Waals surface area contributed by atoms with Crippen molar-refractivity contribution in [2.75, 3.05) is 17.2 Å². The molecule has 0 saturated carbocycles. The van der Waals surface area contributed by atoms with Gasteiger partial charge in [0, 0.05) is 5.69 Å². The molecular weight excluding hydrogens is 335 g/mol. The number of hydrogen-bond donors (Lipinski definition) is 2. The molecule has 0 fully saturated rings. The first-order chi connectivity index (χ1) is 12.6. The number of nitrogens with zero attached hydrogens (tertiary/aromatic N) is 2. The largest absolute Gasteiger partial charge is 0.484 e. The number of hydrogen-bond acceptors (Lipinski definition) is 5. The highest BCUT2D eigenvalue weighted by Crippen LogP contribution is 2.16. The van der Waals surface area contributed by atoms with Crippen molar-refractivity contribution in [2.24, 2.45) is 0 Å². The van der Waals surface area contributed by atoms with E-state index >= 15 is 0 Å². The van der Waals surface area contributed by atoms with Gasteiger partial charge in [-0.3, -0.25) is 4.79 Å². The number of anilines is 3. The minimum absolute atomic E-state index is 0.131. The van der Waals surface area contributed by atoms with Gasteiger partial charge in [0.05, 0.1) is 0 Å². The van der Waals surface area contributed by atoms with Crippen molar-refractivity contribution < 1.29 is 13.9 Å². The predicted molar refractivity (Wildman–Crippen MR) is 97.0 cm³/mol. The number of carbonyl (C=O) groups is 1. The first-order valence-corrected chi connectivity index (χ1v) is 7.94. The van der Waals surface area contributed by atoms with E-state index in [0.29, 0.717) is 23.1 Å². The van der Waals surface area contributed by atoms with Crippen LogP contribution in [0.3, 0.4) is 0 Å². The molecule has 0 aliphatic carbocycles. The second kappa shape index (κ2) is 8.06. The molecule has 0 unspecified atom stereocenters. The van der Waals surface area contributed by atoms with Crippen molar-refractivity contribution in [3.63, 3.8) is 0 Å². The van der Waals surface area contributed by atoms with Crippen molar-refractivity contribution in [3.8, 4) is 5.75 Å². The Morgan fingerprint density at radius 1 is 1.04 bits per heavy atom. The van der Waals surface area contributed by atoms with Crippen LogP contribution in [0, 0.1) is 12.7 Å². The van der Waals surface area contributed by atoms with Gasteiger partial charge in [0.1, 0.15) is 11.6 Å². The maximum Gasteiger partial charge on any atom is 0.263 e. The molecule has 0 aliphatic rings. The van der Waals surface area contributed by atoms with Crippen LogP contribution in [-0.2, 0) is 4.79 Å². The SMILES string of the molecule is Cc1ccc(OCC(=O)Nc2ccc(Nc3cccc(F)c3)nn2)cc1. The Kier molecular flexibility index (Phi) is 5.38. The second-order valence-corrected chi connectivity index (χ2v) is 5.59. The monoisotopic (exact) mass is 352 g/mol. The van der Waals surface area contributed by atoms with E-state index in [1.54, 1.807) is 36.4 Å². The summed E-state index contributed by atoms with van der Waals surface area (Å²) in [5.74, 6) is 0.661. The Bertz CT molecular complexity index is 883. The lowest BCUT2D eigenvalue weighted by atomic mass is 10.2. The number of ether oxygens (including phenoxy) is 1. The van der Waals surface area contributed by atoms with Crippen LogP contribution < -0.4 is 15.4 Å². The molecule has 0 bridgehead atoms. The molecule has 6 nitrogen and oxygen atoms in total. The molecule has 3 aromatic rings. The van der Waals surface area contributed by atoms with E-state index < -0.39 is 0 Å².